The molecule has 0 saturated carbocycles. The van der Waals surface area contributed by atoms with E-state index in [9.17, 15) is 0 Å². The number of rotatable bonds is 5. The number of hydrogen-bond acceptors (Lipinski definition) is 2. The zero-order chi connectivity index (χ0) is 10.4. The maximum Gasteiger partial charge on any atom is 0.156 e. The molecular weight excluding hydrogens is 244 g/mol. The Morgan fingerprint density at radius 2 is 2.21 bits per heavy atom. The minimum Gasteiger partial charge on any atom is -0.493 e. The van der Waals surface area contributed by atoms with Gasteiger partial charge in [-0.3, -0.25) is 0 Å². The summed E-state index contributed by atoms with van der Waals surface area (Å²) >= 11 is 3.34. The van der Waals surface area contributed by atoms with Gasteiger partial charge in [0.25, 0.3) is 0 Å². The van der Waals surface area contributed by atoms with Crippen LogP contribution in [0.3, 0.4) is 0 Å². The number of ether oxygens (including phenoxy) is 2. The molecule has 0 heterocycles. The summed E-state index contributed by atoms with van der Waals surface area (Å²) in [5.74, 6) is 1.89. The highest BCUT2D eigenvalue weighted by Gasteiger charge is 2.14. The second-order valence-corrected chi connectivity index (χ2v) is 3.98. The number of hydrogen-bond donors (Lipinski definition) is 0. The van der Waals surface area contributed by atoms with Crippen molar-refractivity contribution in [3.8, 4) is 0 Å². The third kappa shape index (κ3) is 3.05. The van der Waals surface area contributed by atoms with Gasteiger partial charge in [-0.15, -0.1) is 0 Å². The van der Waals surface area contributed by atoms with Crippen LogP contribution in [-0.4, -0.2) is 19.0 Å². The first kappa shape index (κ1) is 11.6. The summed E-state index contributed by atoms with van der Waals surface area (Å²) in [6.07, 6.45) is 5.27. The molecule has 0 fully saturated rings. The van der Waals surface area contributed by atoms with Crippen LogP contribution in [0.15, 0.2) is 23.2 Å². The van der Waals surface area contributed by atoms with Crippen LogP contribution in [0.4, 0.5) is 0 Å². The molecule has 0 atom stereocenters. The van der Waals surface area contributed by atoms with Gasteiger partial charge in [-0.25, -0.2) is 0 Å². The lowest BCUT2D eigenvalue weighted by molar-refractivity contribution is 0.183. The van der Waals surface area contributed by atoms with Gasteiger partial charge in [0.15, 0.2) is 5.76 Å². The highest BCUT2D eigenvalue weighted by atomic mass is 79.9. The van der Waals surface area contributed by atoms with Gasteiger partial charge in [0, 0.05) is 11.8 Å². The van der Waals surface area contributed by atoms with Crippen LogP contribution in [0.5, 0.6) is 0 Å². The van der Waals surface area contributed by atoms with E-state index in [1.165, 1.54) is 5.57 Å². The van der Waals surface area contributed by atoms with Gasteiger partial charge in [-0.1, -0.05) is 28.4 Å². The fourth-order valence-electron chi connectivity index (χ4n) is 1.49. The van der Waals surface area contributed by atoms with E-state index in [-0.39, 0.29) is 0 Å². The average Bonchev–Trinajstić information content (AvgIpc) is 2.26. The second kappa shape index (κ2) is 6.12. The molecular formula is C11H17BrO2. The molecule has 0 unspecified atom stereocenters. The van der Waals surface area contributed by atoms with E-state index in [0.717, 1.165) is 36.1 Å². The largest absolute Gasteiger partial charge is 0.493 e. The standard InChI is InChI=1S/C11H17BrO2/c1-3-9-4-5-10(14-7-6-12)11(8-9)13-2/h8H,3-7H2,1-2H3. The number of methoxy groups -OCH3 is 1. The molecule has 0 bridgehead atoms. The molecule has 0 N–H and O–H groups in total. The van der Waals surface area contributed by atoms with Gasteiger partial charge < -0.3 is 9.47 Å². The zero-order valence-corrected chi connectivity index (χ0v) is 10.4. The van der Waals surface area contributed by atoms with E-state index in [4.69, 9.17) is 9.47 Å². The lowest BCUT2D eigenvalue weighted by Gasteiger charge is -2.18. The maximum atomic E-state index is 5.59. The van der Waals surface area contributed by atoms with Crippen LogP contribution >= 0.6 is 15.9 Å². The predicted octanol–water partition coefficient (Wildman–Crippen LogP) is 3.39. The zero-order valence-electron chi connectivity index (χ0n) is 8.81. The summed E-state index contributed by atoms with van der Waals surface area (Å²) in [5.41, 5.74) is 1.44. The van der Waals surface area contributed by atoms with E-state index in [0.29, 0.717) is 6.61 Å². The van der Waals surface area contributed by atoms with Gasteiger partial charge in [0.2, 0.25) is 0 Å². The van der Waals surface area contributed by atoms with Crippen molar-refractivity contribution in [2.24, 2.45) is 0 Å². The van der Waals surface area contributed by atoms with E-state index < -0.39 is 0 Å². The molecule has 0 aliphatic heterocycles. The topological polar surface area (TPSA) is 18.5 Å². The van der Waals surface area contributed by atoms with Gasteiger partial charge in [0.1, 0.15) is 5.76 Å². The third-order valence-electron chi connectivity index (χ3n) is 2.31. The third-order valence-corrected chi connectivity index (χ3v) is 2.63. The lowest BCUT2D eigenvalue weighted by atomic mass is 10.0. The fourth-order valence-corrected chi connectivity index (χ4v) is 1.65. The molecule has 0 aromatic heterocycles. The van der Waals surface area contributed by atoms with Crippen molar-refractivity contribution in [1.82, 2.24) is 0 Å². The molecule has 0 spiro atoms. The first-order valence-corrected chi connectivity index (χ1v) is 6.09. The van der Waals surface area contributed by atoms with Crippen molar-refractivity contribution in [3.05, 3.63) is 23.2 Å². The van der Waals surface area contributed by atoms with Crippen LogP contribution in [-0.2, 0) is 9.47 Å². The molecule has 0 aromatic rings. The number of halogens is 1. The molecule has 1 aliphatic carbocycles. The first-order chi connectivity index (χ1) is 6.81. The first-order valence-electron chi connectivity index (χ1n) is 4.97. The van der Waals surface area contributed by atoms with Crippen LogP contribution < -0.4 is 0 Å². The molecule has 80 valence electrons. The van der Waals surface area contributed by atoms with Crippen molar-refractivity contribution < 1.29 is 9.47 Å². The van der Waals surface area contributed by atoms with Crippen LogP contribution in [0.2, 0.25) is 0 Å². The summed E-state index contributed by atoms with van der Waals surface area (Å²) < 4.78 is 10.9. The highest BCUT2D eigenvalue weighted by molar-refractivity contribution is 9.09. The molecule has 14 heavy (non-hydrogen) atoms. The Morgan fingerprint density at radius 1 is 1.43 bits per heavy atom. The van der Waals surface area contributed by atoms with E-state index in [1.807, 2.05) is 0 Å². The molecule has 2 nitrogen and oxygen atoms in total. The molecule has 0 saturated heterocycles. The fraction of sp³-hybridized carbons (Fsp3) is 0.636. The van der Waals surface area contributed by atoms with Crippen LogP contribution in [0.1, 0.15) is 26.2 Å². The summed E-state index contributed by atoms with van der Waals surface area (Å²) in [4.78, 5) is 0. The predicted molar refractivity (Wildman–Crippen MR) is 61.4 cm³/mol. The summed E-state index contributed by atoms with van der Waals surface area (Å²) in [6, 6.07) is 0. The lowest BCUT2D eigenvalue weighted by Crippen LogP contribution is -2.06. The minimum atomic E-state index is 0.706. The normalized spacial score (nSPS) is 16.6. The van der Waals surface area contributed by atoms with E-state index in [1.54, 1.807) is 7.11 Å². The van der Waals surface area contributed by atoms with Crippen molar-refractivity contribution in [2.75, 3.05) is 19.0 Å². The van der Waals surface area contributed by atoms with Crippen molar-refractivity contribution >= 4 is 15.9 Å². The minimum absolute atomic E-state index is 0.706. The smallest absolute Gasteiger partial charge is 0.156 e. The SMILES string of the molecule is CCC1=CC(OC)=C(OCCBr)CC1. The second-order valence-electron chi connectivity index (χ2n) is 3.19. The maximum absolute atomic E-state index is 5.59. The average molecular weight is 261 g/mol. The van der Waals surface area contributed by atoms with Gasteiger partial charge in [-0.2, -0.15) is 0 Å². The van der Waals surface area contributed by atoms with Gasteiger partial charge >= 0.3 is 0 Å². The monoisotopic (exact) mass is 260 g/mol. The van der Waals surface area contributed by atoms with Crippen molar-refractivity contribution in [2.45, 2.75) is 26.2 Å². The van der Waals surface area contributed by atoms with Crippen LogP contribution in [0.25, 0.3) is 0 Å². The Labute approximate surface area is 94.1 Å². The summed E-state index contributed by atoms with van der Waals surface area (Å²) in [7, 11) is 1.70. The van der Waals surface area contributed by atoms with Crippen LogP contribution in [0, 0.1) is 0 Å². The Kier molecular flexibility index (Phi) is 5.09. The number of alkyl halides is 1. The Morgan fingerprint density at radius 3 is 2.79 bits per heavy atom. The Bertz CT molecular complexity index is 244. The highest BCUT2D eigenvalue weighted by Crippen LogP contribution is 2.26. The van der Waals surface area contributed by atoms with E-state index >= 15 is 0 Å². The number of allylic oxidation sites excluding steroid dienone is 3. The Balaban J connectivity index is 2.68. The molecule has 1 rings (SSSR count). The summed E-state index contributed by atoms with van der Waals surface area (Å²) in [5, 5.41) is 0.859. The van der Waals surface area contributed by atoms with Gasteiger partial charge in [0.05, 0.1) is 13.7 Å². The molecule has 0 radical (unpaired) electrons. The van der Waals surface area contributed by atoms with Gasteiger partial charge in [-0.05, 0) is 18.9 Å². The molecule has 1 aliphatic rings. The molecule has 0 amide bonds. The van der Waals surface area contributed by atoms with Crippen molar-refractivity contribution in [1.29, 1.82) is 0 Å². The molecule has 0 aromatic carbocycles. The van der Waals surface area contributed by atoms with E-state index in [2.05, 4.69) is 28.9 Å². The van der Waals surface area contributed by atoms with Crippen molar-refractivity contribution in [3.63, 3.8) is 0 Å². The Hall–Kier alpha value is -0.440. The molecule has 3 heteroatoms. The summed E-state index contributed by atoms with van der Waals surface area (Å²) in [6.45, 7) is 2.88. The quantitative estimate of drug-likeness (QED) is 0.706.